The summed E-state index contributed by atoms with van der Waals surface area (Å²) >= 11 is 9.34. The van der Waals surface area contributed by atoms with E-state index in [-0.39, 0.29) is 12.2 Å². The second kappa shape index (κ2) is 7.62. The highest BCUT2D eigenvalue weighted by Crippen LogP contribution is 2.34. The normalized spacial score (nSPS) is 12.7. The maximum atomic E-state index is 12.2. The molecule has 0 atom stereocenters. The van der Waals surface area contributed by atoms with E-state index >= 15 is 0 Å². The predicted octanol–water partition coefficient (Wildman–Crippen LogP) is 4.89. The van der Waals surface area contributed by atoms with Gasteiger partial charge in [0.25, 0.3) is 0 Å². The molecule has 27 heavy (non-hydrogen) atoms. The van der Waals surface area contributed by atoms with Crippen LogP contribution in [-0.4, -0.2) is 24.3 Å². The summed E-state index contributed by atoms with van der Waals surface area (Å²) in [5.74, 6) is 1.36. The fraction of sp³-hybridized carbons (Fsp3) is 0.158. The van der Waals surface area contributed by atoms with E-state index in [4.69, 9.17) is 30.3 Å². The summed E-state index contributed by atoms with van der Waals surface area (Å²) in [6.45, 7) is 1.01. The molecule has 3 aromatic rings. The molecular weight excluding hydrogens is 438 g/mol. The van der Waals surface area contributed by atoms with E-state index in [1.807, 2.05) is 18.2 Å². The fourth-order valence-corrected chi connectivity index (χ4v) is 3.14. The van der Waals surface area contributed by atoms with E-state index in [0.717, 1.165) is 10.0 Å². The van der Waals surface area contributed by atoms with Gasteiger partial charge in [-0.1, -0.05) is 32.7 Å². The topological polar surface area (TPSA) is 70.8 Å². The van der Waals surface area contributed by atoms with E-state index in [2.05, 4.69) is 21.1 Å². The Labute approximate surface area is 168 Å². The second-order valence-corrected chi connectivity index (χ2v) is 7.06. The van der Waals surface area contributed by atoms with Crippen LogP contribution in [-0.2, 0) is 11.3 Å². The number of halogens is 2. The zero-order chi connectivity index (χ0) is 18.8. The Kier molecular flexibility index (Phi) is 5.05. The Balaban J connectivity index is 1.45. The van der Waals surface area contributed by atoms with E-state index in [9.17, 15) is 4.79 Å². The summed E-state index contributed by atoms with van der Waals surface area (Å²) in [5, 5.41) is 4.26. The van der Waals surface area contributed by atoms with Crippen molar-refractivity contribution in [3.05, 3.63) is 63.2 Å². The lowest BCUT2D eigenvalue weighted by Gasteiger charge is -2.18. The number of aromatic nitrogens is 1. The van der Waals surface area contributed by atoms with E-state index in [0.29, 0.717) is 41.2 Å². The van der Waals surface area contributed by atoms with Crippen molar-refractivity contribution in [3.8, 4) is 22.8 Å². The Morgan fingerprint density at radius 3 is 2.78 bits per heavy atom. The van der Waals surface area contributed by atoms with Gasteiger partial charge in [0, 0.05) is 16.1 Å². The molecule has 0 N–H and O–H groups in total. The van der Waals surface area contributed by atoms with Crippen molar-refractivity contribution in [1.82, 2.24) is 5.16 Å². The van der Waals surface area contributed by atoms with E-state index in [1.165, 1.54) is 0 Å². The van der Waals surface area contributed by atoms with Gasteiger partial charge in [-0.15, -0.1) is 0 Å². The minimum absolute atomic E-state index is 0.0320. The van der Waals surface area contributed by atoms with Crippen LogP contribution < -0.4 is 9.47 Å². The number of hydrogen-bond donors (Lipinski definition) is 0. The molecule has 2 aromatic carbocycles. The molecular formula is C19H13BrClNO5. The number of carbonyl (C=O) groups excluding carboxylic acids is 1. The van der Waals surface area contributed by atoms with Gasteiger partial charge in [-0.25, -0.2) is 4.79 Å². The smallest absolute Gasteiger partial charge is 0.340 e. The van der Waals surface area contributed by atoms with Crippen molar-refractivity contribution in [3.63, 3.8) is 0 Å². The summed E-state index contributed by atoms with van der Waals surface area (Å²) in [7, 11) is 0. The molecule has 0 amide bonds. The van der Waals surface area contributed by atoms with Gasteiger partial charge in [0.1, 0.15) is 25.5 Å². The molecule has 2 heterocycles. The lowest BCUT2D eigenvalue weighted by molar-refractivity contribution is 0.0464. The van der Waals surface area contributed by atoms with Gasteiger partial charge in [-0.2, -0.15) is 0 Å². The maximum Gasteiger partial charge on any atom is 0.340 e. The zero-order valence-corrected chi connectivity index (χ0v) is 16.2. The number of hydrogen-bond acceptors (Lipinski definition) is 6. The van der Waals surface area contributed by atoms with Crippen molar-refractivity contribution in [2.24, 2.45) is 0 Å². The average molecular weight is 451 g/mol. The van der Waals surface area contributed by atoms with Crippen molar-refractivity contribution in [1.29, 1.82) is 0 Å². The third kappa shape index (κ3) is 3.94. The zero-order valence-electron chi connectivity index (χ0n) is 13.9. The first-order valence-electron chi connectivity index (χ1n) is 8.08. The molecule has 138 valence electrons. The first-order valence-corrected chi connectivity index (χ1v) is 9.25. The SMILES string of the molecule is O=C(OCc1cc(-c2ccc3c(c2)OCCO3)on1)c1cc(Br)ccc1Cl. The molecule has 8 heteroatoms. The molecule has 0 aliphatic carbocycles. The van der Waals surface area contributed by atoms with Crippen molar-refractivity contribution >= 4 is 33.5 Å². The van der Waals surface area contributed by atoms with E-state index < -0.39 is 5.97 Å². The fourth-order valence-electron chi connectivity index (χ4n) is 2.58. The predicted molar refractivity (Wildman–Crippen MR) is 101 cm³/mol. The van der Waals surface area contributed by atoms with Crippen molar-refractivity contribution in [2.75, 3.05) is 13.2 Å². The Hall–Kier alpha value is -2.51. The summed E-state index contributed by atoms with van der Waals surface area (Å²) in [4.78, 5) is 12.2. The highest BCUT2D eigenvalue weighted by Gasteiger charge is 2.16. The second-order valence-electron chi connectivity index (χ2n) is 5.74. The molecule has 0 unspecified atom stereocenters. The molecule has 4 rings (SSSR count). The molecule has 0 saturated carbocycles. The summed E-state index contributed by atoms with van der Waals surface area (Å²) in [6, 6.07) is 12.2. The molecule has 1 aromatic heterocycles. The number of rotatable bonds is 4. The third-order valence-electron chi connectivity index (χ3n) is 3.89. The molecule has 0 radical (unpaired) electrons. The quantitative estimate of drug-likeness (QED) is 0.527. The number of carbonyl (C=O) groups is 1. The van der Waals surface area contributed by atoms with Gasteiger partial charge in [0.2, 0.25) is 0 Å². The summed E-state index contributed by atoms with van der Waals surface area (Å²) in [5.41, 5.74) is 1.56. The van der Waals surface area contributed by atoms with Gasteiger partial charge < -0.3 is 18.7 Å². The van der Waals surface area contributed by atoms with Gasteiger partial charge in [-0.05, 0) is 36.4 Å². The average Bonchev–Trinajstić information content (AvgIpc) is 3.16. The van der Waals surface area contributed by atoms with Crippen LogP contribution in [0.4, 0.5) is 0 Å². The van der Waals surface area contributed by atoms with E-state index in [1.54, 1.807) is 24.3 Å². The standard InChI is InChI=1S/C19H13BrClNO5/c20-12-2-3-15(21)14(8-12)19(23)26-10-13-9-17(27-22-13)11-1-4-16-18(7-11)25-6-5-24-16/h1-4,7-9H,5-6,10H2. The van der Waals surface area contributed by atoms with Crippen LogP contribution in [0.3, 0.4) is 0 Å². The number of nitrogens with zero attached hydrogens (tertiary/aromatic N) is 1. The van der Waals surface area contributed by atoms with Gasteiger partial charge in [0.05, 0.1) is 10.6 Å². The van der Waals surface area contributed by atoms with Crippen molar-refractivity contribution in [2.45, 2.75) is 6.61 Å². The minimum atomic E-state index is -0.537. The number of fused-ring (bicyclic) bond motifs is 1. The van der Waals surface area contributed by atoms with Crippen LogP contribution in [0.1, 0.15) is 16.1 Å². The first kappa shape index (κ1) is 17.9. The molecule has 1 aliphatic rings. The van der Waals surface area contributed by atoms with Crippen LogP contribution in [0, 0.1) is 0 Å². The van der Waals surface area contributed by atoms with Gasteiger partial charge in [-0.3, -0.25) is 0 Å². The lowest BCUT2D eigenvalue weighted by atomic mass is 10.1. The molecule has 0 saturated heterocycles. The first-order chi connectivity index (χ1) is 13.1. The molecule has 0 fully saturated rings. The van der Waals surface area contributed by atoms with Crippen molar-refractivity contribution < 1.29 is 23.5 Å². The molecule has 1 aliphatic heterocycles. The van der Waals surface area contributed by atoms with Gasteiger partial charge >= 0.3 is 5.97 Å². The highest BCUT2D eigenvalue weighted by atomic mass is 79.9. The van der Waals surface area contributed by atoms with Gasteiger partial charge in [0.15, 0.2) is 17.3 Å². The number of benzene rings is 2. The number of esters is 1. The monoisotopic (exact) mass is 449 g/mol. The molecule has 0 bridgehead atoms. The largest absolute Gasteiger partial charge is 0.486 e. The Morgan fingerprint density at radius 2 is 1.93 bits per heavy atom. The lowest BCUT2D eigenvalue weighted by Crippen LogP contribution is -2.15. The van der Waals surface area contributed by atoms with Crippen LogP contribution in [0.15, 0.2) is 51.5 Å². The Morgan fingerprint density at radius 1 is 1.11 bits per heavy atom. The van der Waals surface area contributed by atoms with Crippen LogP contribution in [0.2, 0.25) is 5.02 Å². The third-order valence-corrected chi connectivity index (χ3v) is 4.71. The Bertz CT molecular complexity index is 1000. The molecule has 0 spiro atoms. The summed E-state index contributed by atoms with van der Waals surface area (Å²) in [6.07, 6.45) is 0. The maximum absolute atomic E-state index is 12.2. The number of ether oxygens (including phenoxy) is 3. The van der Waals surface area contributed by atoms with Crippen LogP contribution in [0.25, 0.3) is 11.3 Å². The van der Waals surface area contributed by atoms with Crippen LogP contribution in [0.5, 0.6) is 11.5 Å². The highest BCUT2D eigenvalue weighted by molar-refractivity contribution is 9.10. The van der Waals surface area contributed by atoms with Crippen LogP contribution >= 0.6 is 27.5 Å². The summed E-state index contributed by atoms with van der Waals surface area (Å²) < 4.78 is 22.4. The minimum Gasteiger partial charge on any atom is -0.486 e. The molecule has 6 nitrogen and oxygen atoms in total.